The van der Waals surface area contributed by atoms with Crippen molar-refractivity contribution in [1.29, 1.82) is 0 Å². The lowest BCUT2D eigenvalue weighted by Gasteiger charge is -2.05. The second-order valence-electron chi connectivity index (χ2n) is 2.80. The normalized spacial score (nSPS) is 11.8. The highest BCUT2D eigenvalue weighted by molar-refractivity contribution is 7.89. The quantitative estimate of drug-likeness (QED) is 0.510. The van der Waals surface area contributed by atoms with Crippen molar-refractivity contribution < 1.29 is 22.1 Å². The number of primary sulfonamides is 1. The van der Waals surface area contributed by atoms with Crippen molar-refractivity contribution in [3.05, 3.63) is 26.9 Å². The van der Waals surface area contributed by atoms with Crippen LogP contribution in [-0.2, 0) is 10.0 Å². The molecule has 0 unspecified atom stereocenters. The van der Waals surface area contributed by atoms with Gasteiger partial charge in [-0.1, -0.05) is 11.6 Å². The zero-order valence-corrected chi connectivity index (χ0v) is 9.37. The third-order valence-corrected chi connectivity index (χ3v) is 2.79. The lowest BCUT2D eigenvalue weighted by Crippen LogP contribution is -2.16. The fourth-order valence-corrected chi connectivity index (χ4v) is 1.89. The number of hydrogen-bond donors (Lipinski definition) is 1. The third kappa shape index (κ3) is 2.84. The Kier molecular flexibility index (Phi) is 3.59. The van der Waals surface area contributed by atoms with Crippen molar-refractivity contribution in [2.24, 2.45) is 5.14 Å². The number of nitrogens with zero attached hydrogens (tertiary/aromatic N) is 2. The molecule has 0 atom stereocenters. The van der Waals surface area contributed by atoms with Gasteiger partial charge in [0.2, 0.25) is 5.03 Å². The molecular formula is C6H4ClF2N3O4S. The van der Waals surface area contributed by atoms with Gasteiger partial charge in [0, 0.05) is 6.07 Å². The molecule has 0 amide bonds. The second kappa shape index (κ2) is 4.47. The predicted molar refractivity (Wildman–Crippen MR) is 52.2 cm³/mol. The van der Waals surface area contributed by atoms with Gasteiger partial charge in [-0.3, -0.25) is 10.1 Å². The van der Waals surface area contributed by atoms with E-state index in [1.165, 1.54) is 0 Å². The Morgan fingerprint density at radius 2 is 2.06 bits per heavy atom. The monoisotopic (exact) mass is 287 g/mol. The highest BCUT2D eigenvalue weighted by Crippen LogP contribution is 2.32. The molecule has 94 valence electrons. The van der Waals surface area contributed by atoms with E-state index in [2.05, 4.69) is 10.1 Å². The molecule has 0 saturated carbocycles. The molecule has 0 bridgehead atoms. The van der Waals surface area contributed by atoms with E-state index >= 15 is 0 Å². The standard InChI is InChI=1S/C6H4ClF2N3O4S/c7-4-2(5(8)9)1-3(12(13)14)6(11-4)17(10,15)16/h1,5H,(H2,10,15,16). The zero-order chi connectivity index (χ0) is 13.4. The van der Waals surface area contributed by atoms with E-state index in [0.29, 0.717) is 6.07 Å². The fourth-order valence-electron chi connectivity index (χ4n) is 0.973. The van der Waals surface area contributed by atoms with Crippen molar-refractivity contribution in [2.45, 2.75) is 11.5 Å². The van der Waals surface area contributed by atoms with Crippen LogP contribution in [0.25, 0.3) is 0 Å². The predicted octanol–water partition coefficient (Wildman–Crippen LogP) is 1.23. The van der Waals surface area contributed by atoms with Crippen LogP contribution >= 0.6 is 11.6 Å². The minimum atomic E-state index is -4.53. The summed E-state index contributed by atoms with van der Waals surface area (Å²) in [6.07, 6.45) is -3.12. The molecular weight excluding hydrogens is 284 g/mol. The molecule has 11 heteroatoms. The van der Waals surface area contributed by atoms with Crippen LogP contribution in [0.5, 0.6) is 0 Å². The Hall–Kier alpha value is -1.39. The Morgan fingerprint density at radius 1 is 1.53 bits per heavy atom. The summed E-state index contributed by atoms with van der Waals surface area (Å²) in [5, 5.41) is 13.2. The van der Waals surface area contributed by atoms with E-state index in [1.54, 1.807) is 0 Å². The topological polar surface area (TPSA) is 116 Å². The van der Waals surface area contributed by atoms with Gasteiger partial charge in [0.15, 0.2) is 0 Å². The number of alkyl halides is 2. The number of sulfonamides is 1. The van der Waals surface area contributed by atoms with Gasteiger partial charge in [-0.05, 0) is 0 Å². The Morgan fingerprint density at radius 3 is 2.41 bits per heavy atom. The van der Waals surface area contributed by atoms with Crippen molar-refractivity contribution in [3.8, 4) is 0 Å². The van der Waals surface area contributed by atoms with Crippen LogP contribution < -0.4 is 5.14 Å². The zero-order valence-electron chi connectivity index (χ0n) is 7.80. The molecule has 0 saturated heterocycles. The van der Waals surface area contributed by atoms with Gasteiger partial charge >= 0.3 is 5.69 Å². The second-order valence-corrected chi connectivity index (χ2v) is 4.63. The highest BCUT2D eigenvalue weighted by atomic mass is 35.5. The molecule has 0 aliphatic carbocycles. The molecule has 1 heterocycles. The first-order chi connectivity index (χ1) is 7.64. The first-order valence-electron chi connectivity index (χ1n) is 3.80. The summed E-state index contributed by atoms with van der Waals surface area (Å²) in [4.78, 5) is 12.3. The number of hydrogen-bond acceptors (Lipinski definition) is 5. The first-order valence-corrected chi connectivity index (χ1v) is 5.72. The van der Waals surface area contributed by atoms with Crippen LogP contribution in [0.3, 0.4) is 0 Å². The first kappa shape index (κ1) is 13.7. The maximum atomic E-state index is 12.4. The molecule has 1 aromatic heterocycles. The van der Waals surface area contributed by atoms with Crippen LogP contribution in [-0.4, -0.2) is 18.3 Å². The number of aromatic nitrogens is 1. The highest BCUT2D eigenvalue weighted by Gasteiger charge is 2.29. The van der Waals surface area contributed by atoms with Crippen LogP contribution in [0, 0.1) is 10.1 Å². The molecule has 7 nitrogen and oxygen atoms in total. The lowest BCUT2D eigenvalue weighted by atomic mass is 10.3. The van der Waals surface area contributed by atoms with Crippen molar-refractivity contribution >= 4 is 27.3 Å². The molecule has 0 radical (unpaired) electrons. The molecule has 0 aliphatic heterocycles. The van der Waals surface area contributed by atoms with Crippen molar-refractivity contribution in [3.63, 3.8) is 0 Å². The van der Waals surface area contributed by atoms with Gasteiger partial charge in [0.25, 0.3) is 16.4 Å². The molecule has 17 heavy (non-hydrogen) atoms. The van der Waals surface area contributed by atoms with Crippen LogP contribution in [0.4, 0.5) is 14.5 Å². The van der Waals surface area contributed by atoms with Crippen molar-refractivity contribution in [2.75, 3.05) is 0 Å². The minimum absolute atomic E-state index is 0.333. The van der Waals surface area contributed by atoms with Gasteiger partial charge in [-0.25, -0.2) is 27.3 Å². The van der Waals surface area contributed by atoms with E-state index in [0.717, 1.165) is 0 Å². The Balaban J connectivity index is 3.65. The number of nitro groups is 1. The van der Waals surface area contributed by atoms with E-state index in [4.69, 9.17) is 11.6 Å². The molecule has 2 N–H and O–H groups in total. The average molecular weight is 288 g/mol. The summed E-state index contributed by atoms with van der Waals surface area (Å²) in [5.74, 6) is 0. The largest absolute Gasteiger partial charge is 0.308 e. The number of halogens is 3. The molecule has 1 aromatic rings. The van der Waals surface area contributed by atoms with Crippen LogP contribution in [0.1, 0.15) is 12.0 Å². The summed E-state index contributed by atoms with van der Waals surface area (Å²) >= 11 is 5.27. The van der Waals surface area contributed by atoms with E-state index in [9.17, 15) is 27.3 Å². The smallest absolute Gasteiger partial charge is 0.258 e. The van der Waals surface area contributed by atoms with Gasteiger partial charge in [-0.15, -0.1) is 0 Å². The maximum absolute atomic E-state index is 12.4. The van der Waals surface area contributed by atoms with E-state index in [1.807, 2.05) is 0 Å². The molecule has 0 aromatic carbocycles. The summed E-state index contributed by atoms with van der Waals surface area (Å²) in [5.41, 5.74) is -2.09. The average Bonchev–Trinajstić information content (AvgIpc) is 2.14. The SMILES string of the molecule is NS(=O)(=O)c1nc(Cl)c(C(F)F)cc1[N+](=O)[O-]. The van der Waals surface area contributed by atoms with Gasteiger partial charge < -0.3 is 0 Å². The molecule has 0 aliphatic rings. The van der Waals surface area contributed by atoms with Crippen molar-refractivity contribution in [1.82, 2.24) is 4.98 Å². The van der Waals surface area contributed by atoms with Gasteiger partial charge in [0.1, 0.15) is 5.15 Å². The summed E-state index contributed by atoms with van der Waals surface area (Å²) in [7, 11) is -4.53. The number of nitrogens with two attached hydrogens (primary N) is 1. The van der Waals surface area contributed by atoms with Crippen LogP contribution in [0.2, 0.25) is 5.15 Å². The Bertz CT molecular complexity index is 577. The molecule has 0 fully saturated rings. The lowest BCUT2D eigenvalue weighted by molar-refractivity contribution is -0.388. The fraction of sp³-hybridized carbons (Fsp3) is 0.167. The maximum Gasteiger partial charge on any atom is 0.308 e. The summed E-state index contributed by atoms with van der Waals surface area (Å²) in [6.45, 7) is 0. The Labute approximate surface area is 98.4 Å². The van der Waals surface area contributed by atoms with Gasteiger partial charge in [0.05, 0.1) is 10.5 Å². The third-order valence-electron chi connectivity index (χ3n) is 1.65. The minimum Gasteiger partial charge on any atom is -0.258 e. The van der Waals surface area contributed by atoms with Gasteiger partial charge in [-0.2, -0.15) is 0 Å². The summed E-state index contributed by atoms with van der Waals surface area (Å²) in [6, 6.07) is 0.333. The molecule has 0 spiro atoms. The summed E-state index contributed by atoms with van der Waals surface area (Å²) < 4.78 is 46.7. The molecule has 1 rings (SSSR count). The van der Waals surface area contributed by atoms with E-state index < -0.39 is 42.8 Å². The number of pyridine rings is 1. The van der Waals surface area contributed by atoms with E-state index in [-0.39, 0.29) is 0 Å². The number of rotatable bonds is 3. The van der Waals surface area contributed by atoms with Crippen LogP contribution in [0.15, 0.2) is 11.1 Å².